The summed E-state index contributed by atoms with van der Waals surface area (Å²) in [5, 5.41) is 8.61. The van der Waals surface area contributed by atoms with Crippen molar-refractivity contribution >= 4 is 5.97 Å². The zero-order valence-electron chi connectivity index (χ0n) is 8.55. The topological polar surface area (TPSA) is 37.3 Å². The smallest absolute Gasteiger partial charge is 0.306 e. The first kappa shape index (κ1) is 11.5. The fourth-order valence-electron chi connectivity index (χ4n) is 1.06. The normalized spacial score (nSPS) is 14.3. The highest BCUT2D eigenvalue weighted by atomic mass is 16.4. The van der Waals surface area contributed by atoms with Gasteiger partial charge in [-0.2, -0.15) is 0 Å². The van der Waals surface area contributed by atoms with E-state index in [2.05, 4.69) is 20.8 Å². The van der Waals surface area contributed by atoms with Gasteiger partial charge in [-0.3, -0.25) is 4.79 Å². The Balaban J connectivity index is 3.51. The Hall–Kier alpha value is -0.530. The quantitative estimate of drug-likeness (QED) is 0.708. The number of aliphatic carboxylic acids is 1. The Morgan fingerprint density at radius 2 is 1.92 bits per heavy atom. The van der Waals surface area contributed by atoms with E-state index >= 15 is 0 Å². The average molecular weight is 172 g/mol. The van der Waals surface area contributed by atoms with Crippen LogP contribution in [-0.2, 0) is 4.79 Å². The second kappa shape index (κ2) is 4.48. The van der Waals surface area contributed by atoms with E-state index in [0.717, 1.165) is 19.3 Å². The van der Waals surface area contributed by atoms with Crippen LogP contribution in [0.1, 0.15) is 47.0 Å². The minimum atomic E-state index is -0.677. The van der Waals surface area contributed by atoms with Crippen LogP contribution in [0.2, 0.25) is 0 Å². The molecule has 2 heteroatoms. The molecule has 0 aliphatic heterocycles. The summed E-state index contributed by atoms with van der Waals surface area (Å²) in [6, 6.07) is 0. The van der Waals surface area contributed by atoms with Crippen LogP contribution in [0.4, 0.5) is 0 Å². The van der Waals surface area contributed by atoms with Crippen molar-refractivity contribution in [3.63, 3.8) is 0 Å². The first-order valence-corrected chi connectivity index (χ1v) is 4.56. The molecule has 0 amide bonds. The molecule has 0 spiro atoms. The molecule has 0 heterocycles. The summed E-state index contributed by atoms with van der Waals surface area (Å²) in [6.07, 6.45) is 2.91. The molecule has 0 fully saturated rings. The molecule has 2 nitrogen and oxygen atoms in total. The van der Waals surface area contributed by atoms with Gasteiger partial charge in [-0.15, -0.1) is 0 Å². The predicted molar refractivity (Wildman–Crippen MR) is 50.1 cm³/mol. The Labute approximate surface area is 75.0 Å². The number of hydrogen-bond acceptors (Lipinski definition) is 1. The Bertz CT molecular complexity index is 144. The van der Waals surface area contributed by atoms with Gasteiger partial charge in [0.1, 0.15) is 0 Å². The van der Waals surface area contributed by atoms with Gasteiger partial charge in [0.25, 0.3) is 0 Å². The molecule has 0 radical (unpaired) electrons. The SMILES string of the molecule is C[C@@H](CCCC(C)(C)C)C(=O)O. The van der Waals surface area contributed by atoms with Crippen LogP contribution < -0.4 is 0 Å². The molecule has 0 aromatic rings. The summed E-state index contributed by atoms with van der Waals surface area (Å²) in [6.45, 7) is 8.31. The van der Waals surface area contributed by atoms with Gasteiger partial charge in [-0.25, -0.2) is 0 Å². The Morgan fingerprint density at radius 3 is 2.25 bits per heavy atom. The van der Waals surface area contributed by atoms with Gasteiger partial charge in [0.15, 0.2) is 0 Å². The fourth-order valence-corrected chi connectivity index (χ4v) is 1.06. The first-order chi connectivity index (χ1) is 5.33. The third-order valence-electron chi connectivity index (χ3n) is 1.99. The molecule has 0 aromatic carbocycles. The van der Waals surface area contributed by atoms with Gasteiger partial charge in [0.2, 0.25) is 0 Å². The number of carboxylic acid groups (broad SMARTS) is 1. The van der Waals surface area contributed by atoms with Gasteiger partial charge < -0.3 is 5.11 Å². The Kier molecular flexibility index (Phi) is 4.29. The molecule has 12 heavy (non-hydrogen) atoms. The van der Waals surface area contributed by atoms with E-state index in [1.807, 2.05) is 0 Å². The summed E-state index contributed by atoms with van der Waals surface area (Å²) < 4.78 is 0. The molecule has 72 valence electrons. The first-order valence-electron chi connectivity index (χ1n) is 4.56. The van der Waals surface area contributed by atoms with E-state index in [1.165, 1.54) is 0 Å². The minimum Gasteiger partial charge on any atom is -0.481 e. The molecule has 0 aliphatic rings. The van der Waals surface area contributed by atoms with Gasteiger partial charge >= 0.3 is 5.97 Å². The van der Waals surface area contributed by atoms with Gasteiger partial charge in [0.05, 0.1) is 5.92 Å². The van der Waals surface area contributed by atoms with E-state index < -0.39 is 5.97 Å². The number of carbonyl (C=O) groups is 1. The summed E-state index contributed by atoms with van der Waals surface area (Å²) in [4.78, 5) is 10.5. The molecule has 0 saturated heterocycles. The zero-order chi connectivity index (χ0) is 9.78. The second-order valence-electron chi connectivity index (χ2n) is 4.69. The van der Waals surface area contributed by atoms with Crippen LogP contribution in [0.5, 0.6) is 0 Å². The van der Waals surface area contributed by atoms with Crippen LogP contribution >= 0.6 is 0 Å². The van der Waals surface area contributed by atoms with Crippen molar-refractivity contribution in [2.75, 3.05) is 0 Å². The molecule has 1 N–H and O–H groups in total. The molecule has 0 unspecified atom stereocenters. The van der Waals surface area contributed by atoms with E-state index in [0.29, 0.717) is 5.41 Å². The third kappa shape index (κ3) is 6.20. The third-order valence-corrected chi connectivity index (χ3v) is 1.99. The van der Waals surface area contributed by atoms with E-state index in [9.17, 15) is 4.79 Å². The van der Waals surface area contributed by atoms with Crippen LogP contribution in [0.3, 0.4) is 0 Å². The van der Waals surface area contributed by atoms with E-state index in [-0.39, 0.29) is 5.92 Å². The Morgan fingerprint density at radius 1 is 1.42 bits per heavy atom. The van der Waals surface area contributed by atoms with Crippen molar-refractivity contribution in [1.29, 1.82) is 0 Å². The van der Waals surface area contributed by atoms with E-state index in [1.54, 1.807) is 6.92 Å². The highest BCUT2D eigenvalue weighted by Gasteiger charge is 2.13. The molecular weight excluding hydrogens is 152 g/mol. The summed E-state index contributed by atoms with van der Waals surface area (Å²) in [5.41, 5.74) is 0.332. The van der Waals surface area contributed by atoms with Crippen LogP contribution in [-0.4, -0.2) is 11.1 Å². The monoisotopic (exact) mass is 172 g/mol. The molecule has 0 saturated carbocycles. The summed E-state index contributed by atoms with van der Waals surface area (Å²) >= 11 is 0. The van der Waals surface area contributed by atoms with Crippen LogP contribution in [0.15, 0.2) is 0 Å². The van der Waals surface area contributed by atoms with Crippen molar-refractivity contribution in [2.24, 2.45) is 11.3 Å². The minimum absolute atomic E-state index is 0.188. The van der Waals surface area contributed by atoms with Gasteiger partial charge in [-0.05, 0) is 18.3 Å². The molecule has 0 rings (SSSR count). The number of hydrogen-bond donors (Lipinski definition) is 1. The molecule has 0 bridgehead atoms. The van der Waals surface area contributed by atoms with Crippen LogP contribution in [0.25, 0.3) is 0 Å². The molecule has 0 aliphatic carbocycles. The highest BCUT2D eigenvalue weighted by molar-refractivity contribution is 5.69. The molecular formula is C10H20O2. The van der Waals surface area contributed by atoms with Gasteiger partial charge in [0, 0.05) is 0 Å². The average Bonchev–Trinajstić information content (AvgIpc) is 1.84. The lowest BCUT2D eigenvalue weighted by atomic mass is 9.88. The predicted octanol–water partition coefficient (Wildman–Crippen LogP) is 2.92. The lowest BCUT2D eigenvalue weighted by molar-refractivity contribution is -0.141. The van der Waals surface area contributed by atoms with Crippen molar-refractivity contribution in [3.05, 3.63) is 0 Å². The number of carboxylic acids is 1. The summed E-state index contributed by atoms with van der Waals surface area (Å²) in [7, 11) is 0. The standard InChI is InChI=1S/C10H20O2/c1-8(9(11)12)6-5-7-10(2,3)4/h8H,5-7H2,1-4H3,(H,11,12)/t8-/m0/s1. The van der Waals surface area contributed by atoms with Gasteiger partial charge in [-0.1, -0.05) is 34.1 Å². The number of rotatable bonds is 4. The van der Waals surface area contributed by atoms with Crippen LogP contribution in [0, 0.1) is 11.3 Å². The molecule has 0 aromatic heterocycles. The van der Waals surface area contributed by atoms with Crippen molar-refractivity contribution < 1.29 is 9.90 Å². The second-order valence-corrected chi connectivity index (χ2v) is 4.69. The summed E-state index contributed by atoms with van der Waals surface area (Å²) in [5.74, 6) is -0.865. The zero-order valence-corrected chi connectivity index (χ0v) is 8.55. The highest BCUT2D eigenvalue weighted by Crippen LogP contribution is 2.23. The largest absolute Gasteiger partial charge is 0.481 e. The maximum Gasteiger partial charge on any atom is 0.306 e. The molecule has 1 atom stereocenters. The van der Waals surface area contributed by atoms with Crippen molar-refractivity contribution in [3.8, 4) is 0 Å². The fraction of sp³-hybridized carbons (Fsp3) is 0.900. The lowest BCUT2D eigenvalue weighted by Crippen LogP contribution is -2.11. The van der Waals surface area contributed by atoms with Crippen molar-refractivity contribution in [1.82, 2.24) is 0 Å². The maximum atomic E-state index is 10.5. The van der Waals surface area contributed by atoms with Crippen molar-refractivity contribution in [2.45, 2.75) is 47.0 Å². The lowest BCUT2D eigenvalue weighted by Gasteiger charge is -2.18. The van der Waals surface area contributed by atoms with E-state index in [4.69, 9.17) is 5.11 Å². The maximum absolute atomic E-state index is 10.5.